The second-order valence-corrected chi connectivity index (χ2v) is 7.19. The smallest absolute Gasteiger partial charge is 0.124 e. The normalized spacial score (nSPS) is 13.1. The monoisotopic (exact) mass is 321 g/mol. The Morgan fingerprint density at radius 1 is 1.04 bits per heavy atom. The lowest BCUT2D eigenvalue weighted by Crippen LogP contribution is -1.94. The minimum atomic E-state index is 0.586. The van der Waals surface area contributed by atoms with E-state index in [4.69, 9.17) is 4.74 Å². The lowest BCUT2D eigenvalue weighted by atomic mass is 10.1. The average Bonchev–Trinajstić information content (AvgIpc) is 3.22. The molecule has 3 heteroatoms. The molecule has 0 bridgehead atoms. The fourth-order valence-corrected chi connectivity index (χ4v) is 3.83. The molecule has 3 aromatic rings. The summed E-state index contributed by atoms with van der Waals surface area (Å²) in [5.74, 6) is 0.968. The van der Waals surface area contributed by atoms with Gasteiger partial charge in [-0.3, -0.25) is 0 Å². The lowest BCUT2D eigenvalue weighted by Gasteiger charge is -2.06. The van der Waals surface area contributed by atoms with Crippen LogP contribution in [-0.4, -0.2) is 4.98 Å². The standard InChI is InChI=1S/C20H19NOS/c1-14-5-7-16(8-6-14)20-21-12-19(23-20)13-22-18-10-9-15-3-2-4-17(15)11-18/h5-12H,2-4,13H2,1H3. The molecule has 0 N–H and O–H groups in total. The zero-order valence-corrected chi connectivity index (χ0v) is 14.0. The molecule has 0 spiro atoms. The summed E-state index contributed by atoms with van der Waals surface area (Å²) in [6.45, 7) is 2.68. The van der Waals surface area contributed by atoms with Gasteiger partial charge in [-0.1, -0.05) is 35.9 Å². The molecule has 116 valence electrons. The van der Waals surface area contributed by atoms with E-state index in [9.17, 15) is 0 Å². The predicted octanol–water partition coefficient (Wildman–Crippen LogP) is 5.19. The Bertz CT molecular complexity index is 820. The van der Waals surface area contributed by atoms with Gasteiger partial charge in [0.25, 0.3) is 0 Å². The Kier molecular flexibility index (Phi) is 3.88. The summed E-state index contributed by atoms with van der Waals surface area (Å²) in [7, 11) is 0. The van der Waals surface area contributed by atoms with Gasteiger partial charge in [-0.15, -0.1) is 11.3 Å². The summed E-state index contributed by atoms with van der Waals surface area (Å²) in [6.07, 6.45) is 5.59. The van der Waals surface area contributed by atoms with Gasteiger partial charge in [0.15, 0.2) is 0 Å². The van der Waals surface area contributed by atoms with E-state index in [0.29, 0.717) is 6.61 Å². The van der Waals surface area contributed by atoms with Crippen LogP contribution in [-0.2, 0) is 19.4 Å². The maximum Gasteiger partial charge on any atom is 0.124 e. The van der Waals surface area contributed by atoms with Crippen LogP contribution in [0.4, 0.5) is 0 Å². The third-order valence-corrected chi connectivity index (χ3v) is 5.32. The van der Waals surface area contributed by atoms with Gasteiger partial charge < -0.3 is 4.74 Å². The van der Waals surface area contributed by atoms with E-state index in [2.05, 4.69) is 54.4 Å². The van der Waals surface area contributed by atoms with E-state index in [0.717, 1.165) is 15.6 Å². The summed E-state index contributed by atoms with van der Waals surface area (Å²) in [5.41, 5.74) is 5.37. The fourth-order valence-electron chi connectivity index (χ4n) is 3.00. The number of nitrogens with zero attached hydrogens (tertiary/aromatic N) is 1. The van der Waals surface area contributed by atoms with Gasteiger partial charge in [-0.25, -0.2) is 4.98 Å². The van der Waals surface area contributed by atoms with Crippen LogP contribution < -0.4 is 4.74 Å². The molecule has 4 rings (SSSR count). The molecule has 1 aromatic heterocycles. The molecular weight excluding hydrogens is 302 g/mol. The van der Waals surface area contributed by atoms with Crippen molar-refractivity contribution in [2.24, 2.45) is 0 Å². The molecule has 0 unspecified atom stereocenters. The van der Waals surface area contributed by atoms with Crippen LogP contribution in [0.1, 0.15) is 28.0 Å². The molecular formula is C20H19NOS. The van der Waals surface area contributed by atoms with Crippen molar-refractivity contribution in [3.05, 3.63) is 70.2 Å². The highest BCUT2D eigenvalue weighted by molar-refractivity contribution is 7.15. The molecule has 1 aliphatic rings. The highest BCUT2D eigenvalue weighted by atomic mass is 32.1. The number of hydrogen-bond donors (Lipinski definition) is 0. The maximum absolute atomic E-state index is 5.96. The molecule has 23 heavy (non-hydrogen) atoms. The summed E-state index contributed by atoms with van der Waals surface area (Å²) in [4.78, 5) is 5.68. The number of hydrogen-bond acceptors (Lipinski definition) is 3. The van der Waals surface area contributed by atoms with Crippen molar-refractivity contribution in [2.75, 3.05) is 0 Å². The van der Waals surface area contributed by atoms with E-state index in [1.165, 1.54) is 41.5 Å². The van der Waals surface area contributed by atoms with Crippen LogP contribution in [0.25, 0.3) is 10.6 Å². The van der Waals surface area contributed by atoms with Crippen LogP contribution in [0, 0.1) is 6.92 Å². The highest BCUT2D eigenvalue weighted by Gasteiger charge is 2.11. The van der Waals surface area contributed by atoms with Crippen molar-refractivity contribution in [3.8, 4) is 16.3 Å². The Morgan fingerprint density at radius 3 is 2.74 bits per heavy atom. The highest BCUT2D eigenvalue weighted by Crippen LogP contribution is 2.28. The number of benzene rings is 2. The van der Waals surface area contributed by atoms with Gasteiger partial charge in [0, 0.05) is 11.8 Å². The van der Waals surface area contributed by atoms with E-state index in [-0.39, 0.29) is 0 Å². The molecule has 0 amide bonds. The first-order valence-electron chi connectivity index (χ1n) is 8.04. The molecule has 0 saturated heterocycles. The summed E-state index contributed by atoms with van der Waals surface area (Å²) in [5, 5.41) is 1.05. The van der Waals surface area contributed by atoms with Crippen molar-refractivity contribution in [1.82, 2.24) is 4.98 Å². The van der Waals surface area contributed by atoms with E-state index in [1.807, 2.05) is 6.20 Å². The van der Waals surface area contributed by atoms with E-state index < -0.39 is 0 Å². The molecule has 2 aromatic carbocycles. The number of aromatic nitrogens is 1. The Morgan fingerprint density at radius 2 is 1.87 bits per heavy atom. The maximum atomic E-state index is 5.96. The van der Waals surface area contributed by atoms with Crippen LogP contribution >= 0.6 is 11.3 Å². The second kappa shape index (κ2) is 6.17. The average molecular weight is 321 g/mol. The third kappa shape index (κ3) is 3.15. The first-order valence-corrected chi connectivity index (χ1v) is 8.86. The van der Waals surface area contributed by atoms with Crippen LogP contribution in [0.5, 0.6) is 5.75 Å². The van der Waals surface area contributed by atoms with Gasteiger partial charge in [0.05, 0.1) is 4.88 Å². The van der Waals surface area contributed by atoms with Crippen molar-refractivity contribution >= 4 is 11.3 Å². The number of ether oxygens (including phenoxy) is 1. The Hall–Kier alpha value is -2.13. The lowest BCUT2D eigenvalue weighted by molar-refractivity contribution is 0.309. The first kappa shape index (κ1) is 14.5. The number of rotatable bonds is 4. The second-order valence-electron chi connectivity index (χ2n) is 6.07. The topological polar surface area (TPSA) is 22.1 Å². The van der Waals surface area contributed by atoms with Crippen LogP contribution in [0.3, 0.4) is 0 Å². The zero-order valence-electron chi connectivity index (χ0n) is 13.2. The van der Waals surface area contributed by atoms with Crippen molar-refractivity contribution < 1.29 is 4.74 Å². The third-order valence-electron chi connectivity index (χ3n) is 4.30. The molecule has 0 saturated carbocycles. The molecule has 0 radical (unpaired) electrons. The minimum Gasteiger partial charge on any atom is -0.488 e. The predicted molar refractivity (Wildman–Crippen MR) is 95.1 cm³/mol. The SMILES string of the molecule is Cc1ccc(-c2ncc(COc3ccc4c(c3)CCC4)s2)cc1. The van der Waals surface area contributed by atoms with Gasteiger partial charge in [-0.2, -0.15) is 0 Å². The van der Waals surface area contributed by atoms with Gasteiger partial charge in [0.1, 0.15) is 17.4 Å². The molecule has 0 aliphatic heterocycles. The van der Waals surface area contributed by atoms with Crippen molar-refractivity contribution in [2.45, 2.75) is 32.8 Å². The van der Waals surface area contributed by atoms with Crippen LogP contribution in [0.2, 0.25) is 0 Å². The molecule has 1 aliphatic carbocycles. The minimum absolute atomic E-state index is 0.586. The first-order chi connectivity index (χ1) is 11.3. The Balaban J connectivity index is 1.44. The van der Waals surface area contributed by atoms with E-state index in [1.54, 1.807) is 11.3 Å². The van der Waals surface area contributed by atoms with Gasteiger partial charge in [-0.05, 0) is 49.4 Å². The molecule has 1 heterocycles. The number of aryl methyl sites for hydroxylation is 3. The molecule has 0 fully saturated rings. The largest absolute Gasteiger partial charge is 0.488 e. The number of fused-ring (bicyclic) bond motifs is 1. The van der Waals surface area contributed by atoms with Gasteiger partial charge in [0.2, 0.25) is 0 Å². The van der Waals surface area contributed by atoms with Crippen molar-refractivity contribution in [3.63, 3.8) is 0 Å². The zero-order chi connectivity index (χ0) is 15.6. The van der Waals surface area contributed by atoms with Gasteiger partial charge >= 0.3 is 0 Å². The summed E-state index contributed by atoms with van der Waals surface area (Å²) < 4.78 is 5.96. The summed E-state index contributed by atoms with van der Waals surface area (Å²) >= 11 is 1.70. The fraction of sp³-hybridized carbons (Fsp3) is 0.250. The Labute approximate surface area is 140 Å². The van der Waals surface area contributed by atoms with E-state index >= 15 is 0 Å². The quantitative estimate of drug-likeness (QED) is 0.660. The van der Waals surface area contributed by atoms with Crippen molar-refractivity contribution in [1.29, 1.82) is 0 Å². The number of thiazole rings is 1. The molecule has 2 nitrogen and oxygen atoms in total. The summed E-state index contributed by atoms with van der Waals surface area (Å²) in [6, 6.07) is 15.0. The van der Waals surface area contributed by atoms with Crippen LogP contribution in [0.15, 0.2) is 48.7 Å². The molecule has 0 atom stereocenters.